The van der Waals surface area contributed by atoms with Crippen molar-refractivity contribution in [1.29, 1.82) is 0 Å². The second-order valence-electron chi connectivity index (χ2n) is 5.74. The topological polar surface area (TPSA) is 86.1 Å². The molecule has 1 aromatic heterocycles. The summed E-state index contributed by atoms with van der Waals surface area (Å²) >= 11 is 0. The summed E-state index contributed by atoms with van der Waals surface area (Å²) < 4.78 is 41.7. The molecule has 0 fully saturated rings. The van der Waals surface area contributed by atoms with Gasteiger partial charge in [0.1, 0.15) is 11.5 Å². The van der Waals surface area contributed by atoms with Crippen LogP contribution in [0.3, 0.4) is 0 Å². The lowest BCUT2D eigenvalue weighted by Crippen LogP contribution is -2.37. The van der Waals surface area contributed by atoms with E-state index in [1.165, 1.54) is 37.6 Å². The van der Waals surface area contributed by atoms with E-state index in [1.54, 1.807) is 12.1 Å². The molecular formula is C17H21NO6S. The van der Waals surface area contributed by atoms with Crippen molar-refractivity contribution in [2.75, 3.05) is 13.7 Å². The maximum absolute atomic E-state index is 12.9. The second-order valence-corrected chi connectivity index (χ2v) is 7.60. The monoisotopic (exact) mass is 367 g/mol. The molecule has 0 saturated carbocycles. The number of hydrogen-bond acceptors (Lipinski definition) is 6. The molecule has 0 aliphatic rings. The number of methoxy groups -OCH3 is 1. The van der Waals surface area contributed by atoms with Gasteiger partial charge in [-0.05, 0) is 42.3 Å². The number of nitrogens with zero attached hydrogens (tertiary/aromatic N) is 1. The van der Waals surface area contributed by atoms with Crippen LogP contribution in [0.25, 0.3) is 0 Å². The van der Waals surface area contributed by atoms with Crippen molar-refractivity contribution in [3.05, 3.63) is 48.4 Å². The molecule has 0 aliphatic carbocycles. The lowest BCUT2D eigenvalue weighted by molar-refractivity contribution is 0.111. The molecule has 8 heteroatoms. The molecule has 2 aromatic rings. The minimum atomic E-state index is -4.11. The van der Waals surface area contributed by atoms with Crippen molar-refractivity contribution < 1.29 is 27.1 Å². The van der Waals surface area contributed by atoms with Crippen LogP contribution < -0.4 is 4.74 Å². The number of amides is 1. The third-order valence-electron chi connectivity index (χ3n) is 3.27. The van der Waals surface area contributed by atoms with Gasteiger partial charge in [-0.1, -0.05) is 13.8 Å². The van der Waals surface area contributed by atoms with Crippen LogP contribution in [0.1, 0.15) is 19.6 Å². The normalized spacial score (nSPS) is 11.4. The minimum Gasteiger partial charge on any atom is -0.497 e. The zero-order chi connectivity index (χ0) is 18.4. The molecule has 1 aromatic carbocycles. The zero-order valence-electron chi connectivity index (χ0n) is 14.3. The van der Waals surface area contributed by atoms with Crippen LogP contribution in [-0.4, -0.2) is 32.5 Å². The SMILES string of the molecule is COc1ccc(S(=O)(=O)N(Cc2ccco2)C(=O)OCC(C)C)cc1. The molecule has 0 radical (unpaired) electrons. The van der Waals surface area contributed by atoms with Crippen LogP contribution in [0.2, 0.25) is 0 Å². The van der Waals surface area contributed by atoms with Crippen LogP contribution >= 0.6 is 0 Å². The highest BCUT2D eigenvalue weighted by atomic mass is 32.2. The van der Waals surface area contributed by atoms with E-state index in [9.17, 15) is 13.2 Å². The number of furan rings is 1. The summed E-state index contributed by atoms with van der Waals surface area (Å²) in [4.78, 5) is 12.3. The molecule has 1 amide bonds. The second kappa shape index (κ2) is 8.06. The molecule has 1 heterocycles. The molecule has 0 saturated heterocycles. The highest BCUT2D eigenvalue weighted by Gasteiger charge is 2.31. The highest BCUT2D eigenvalue weighted by Crippen LogP contribution is 2.22. The summed E-state index contributed by atoms with van der Waals surface area (Å²) in [7, 11) is -2.62. The number of rotatable bonds is 7. The Morgan fingerprint density at radius 2 is 1.88 bits per heavy atom. The average Bonchev–Trinajstić information content (AvgIpc) is 3.10. The van der Waals surface area contributed by atoms with Crippen LogP contribution in [0.4, 0.5) is 4.79 Å². The third-order valence-corrected chi connectivity index (χ3v) is 5.00. The Kier molecular flexibility index (Phi) is 6.08. The number of benzene rings is 1. The maximum atomic E-state index is 12.9. The standard InChI is InChI=1S/C17H21NO6S/c1-13(2)12-24-17(19)18(11-15-5-4-10-23-15)25(20,21)16-8-6-14(22-3)7-9-16/h4-10,13H,11-12H2,1-3H3. The van der Waals surface area contributed by atoms with E-state index in [1.807, 2.05) is 13.8 Å². The summed E-state index contributed by atoms with van der Waals surface area (Å²) in [5, 5.41) is 0. The lowest BCUT2D eigenvalue weighted by Gasteiger charge is -2.21. The predicted octanol–water partition coefficient (Wildman–Crippen LogP) is 3.27. The van der Waals surface area contributed by atoms with Gasteiger partial charge in [-0.2, -0.15) is 4.31 Å². The third kappa shape index (κ3) is 4.76. The van der Waals surface area contributed by atoms with E-state index < -0.39 is 16.1 Å². The van der Waals surface area contributed by atoms with Gasteiger partial charge in [0.15, 0.2) is 0 Å². The van der Waals surface area contributed by atoms with Gasteiger partial charge in [0.05, 0.1) is 31.4 Å². The highest BCUT2D eigenvalue weighted by molar-refractivity contribution is 7.89. The first-order valence-electron chi connectivity index (χ1n) is 7.70. The van der Waals surface area contributed by atoms with Gasteiger partial charge in [0, 0.05) is 0 Å². The summed E-state index contributed by atoms with van der Waals surface area (Å²) in [6.45, 7) is 3.59. The number of sulfonamides is 1. The quantitative estimate of drug-likeness (QED) is 0.746. The molecule has 25 heavy (non-hydrogen) atoms. The van der Waals surface area contributed by atoms with E-state index in [0.717, 1.165) is 0 Å². The first kappa shape index (κ1) is 18.9. The van der Waals surface area contributed by atoms with E-state index >= 15 is 0 Å². The molecule has 0 atom stereocenters. The molecular weight excluding hydrogens is 346 g/mol. The fourth-order valence-corrected chi connectivity index (χ4v) is 3.26. The molecule has 136 valence electrons. The molecule has 0 spiro atoms. The number of ether oxygens (including phenoxy) is 2. The van der Waals surface area contributed by atoms with Gasteiger partial charge in [0.2, 0.25) is 0 Å². The summed E-state index contributed by atoms with van der Waals surface area (Å²) in [5.41, 5.74) is 0. The average molecular weight is 367 g/mol. The predicted molar refractivity (Wildman–Crippen MR) is 90.6 cm³/mol. The molecule has 0 unspecified atom stereocenters. The summed E-state index contributed by atoms with van der Waals surface area (Å²) in [6, 6.07) is 8.98. The van der Waals surface area contributed by atoms with Crippen LogP contribution in [-0.2, 0) is 21.3 Å². The van der Waals surface area contributed by atoms with Crippen molar-refractivity contribution in [3.63, 3.8) is 0 Å². The summed E-state index contributed by atoms with van der Waals surface area (Å²) in [5.74, 6) is 0.926. The van der Waals surface area contributed by atoms with E-state index in [0.29, 0.717) is 15.8 Å². The van der Waals surface area contributed by atoms with Crippen molar-refractivity contribution in [2.24, 2.45) is 5.92 Å². The Morgan fingerprint density at radius 3 is 2.40 bits per heavy atom. The smallest absolute Gasteiger partial charge is 0.424 e. The van der Waals surface area contributed by atoms with Gasteiger partial charge in [0.25, 0.3) is 10.0 Å². The number of hydrogen-bond donors (Lipinski definition) is 0. The van der Waals surface area contributed by atoms with Crippen LogP contribution in [0.15, 0.2) is 52.0 Å². The van der Waals surface area contributed by atoms with Gasteiger partial charge >= 0.3 is 6.09 Å². The maximum Gasteiger partial charge on any atom is 0.424 e. The number of carbonyl (C=O) groups is 1. The fraction of sp³-hybridized carbons (Fsp3) is 0.353. The molecule has 0 bridgehead atoms. The minimum absolute atomic E-state index is 0.0404. The van der Waals surface area contributed by atoms with Crippen molar-refractivity contribution >= 4 is 16.1 Å². The van der Waals surface area contributed by atoms with Gasteiger partial charge in [-0.3, -0.25) is 0 Å². The first-order valence-corrected chi connectivity index (χ1v) is 9.14. The van der Waals surface area contributed by atoms with E-state index in [-0.39, 0.29) is 24.0 Å². The molecule has 0 aliphatic heterocycles. The Bertz CT molecular complexity index is 781. The Balaban J connectivity index is 2.32. The molecule has 7 nitrogen and oxygen atoms in total. The van der Waals surface area contributed by atoms with Gasteiger partial charge in [-0.15, -0.1) is 0 Å². The number of carbonyl (C=O) groups excluding carboxylic acids is 1. The molecule has 0 N–H and O–H groups in total. The first-order chi connectivity index (χ1) is 11.8. The Hall–Kier alpha value is -2.48. The van der Waals surface area contributed by atoms with E-state index in [2.05, 4.69) is 0 Å². The van der Waals surface area contributed by atoms with Gasteiger partial charge in [-0.25, -0.2) is 13.2 Å². The van der Waals surface area contributed by atoms with Crippen LogP contribution in [0, 0.1) is 5.92 Å². The van der Waals surface area contributed by atoms with E-state index in [4.69, 9.17) is 13.9 Å². The van der Waals surface area contributed by atoms with Crippen molar-refractivity contribution in [1.82, 2.24) is 4.31 Å². The fourth-order valence-electron chi connectivity index (χ4n) is 1.98. The summed E-state index contributed by atoms with van der Waals surface area (Å²) in [6.07, 6.45) is 0.466. The largest absolute Gasteiger partial charge is 0.497 e. The lowest BCUT2D eigenvalue weighted by atomic mass is 10.2. The van der Waals surface area contributed by atoms with Gasteiger partial charge < -0.3 is 13.9 Å². The van der Waals surface area contributed by atoms with Crippen molar-refractivity contribution in [3.8, 4) is 5.75 Å². The van der Waals surface area contributed by atoms with Crippen molar-refractivity contribution in [2.45, 2.75) is 25.3 Å². The Labute approximate surface area is 147 Å². The van der Waals surface area contributed by atoms with Crippen LogP contribution in [0.5, 0.6) is 5.75 Å². The Morgan fingerprint density at radius 1 is 1.20 bits per heavy atom. The molecule has 2 rings (SSSR count). The zero-order valence-corrected chi connectivity index (χ0v) is 15.2.